The summed E-state index contributed by atoms with van der Waals surface area (Å²) in [4.78, 5) is 0. The molecule has 1 aromatic carbocycles. The first-order valence-corrected chi connectivity index (χ1v) is 5.27. The van der Waals surface area contributed by atoms with Gasteiger partial charge < -0.3 is 5.11 Å². The maximum absolute atomic E-state index is 10.1. The van der Waals surface area contributed by atoms with E-state index < -0.39 is 5.60 Å². The Kier molecular flexibility index (Phi) is 3.74. The first kappa shape index (κ1) is 11.3. The Bertz CT molecular complexity index is 332. The molecule has 1 aromatic rings. The molecule has 0 fully saturated rings. The van der Waals surface area contributed by atoms with Crippen LogP contribution in [0.5, 0.6) is 0 Å². The normalized spacial score (nSPS) is 14.4. The first-order chi connectivity index (χ1) is 6.56. The zero-order chi connectivity index (χ0) is 10.6. The molecule has 0 radical (unpaired) electrons. The second-order valence-electron chi connectivity index (χ2n) is 3.48. The fourth-order valence-electron chi connectivity index (χ4n) is 1.27. The van der Waals surface area contributed by atoms with Crippen molar-refractivity contribution in [1.29, 1.82) is 0 Å². The van der Waals surface area contributed by atoms with Crippen molar-refractivity contribution in [3.63, 3.8) is 0 Å². The minimum absolute atomic E-state index is 0.586. The van der Waals surface area contributed by atoms with Crippen LogP contribution in [0.4, 0.5) is 0 Å². The Morgan fingerprint density at radius 1 is 1.43 bits per heavy atom. The van der Waals surface area contributed by atoms with E-state index in [1.165, 1.54) is 0 Å². The van der Waals surface area contributed by atoms with Crippen molar-refractivity contribution < 1.29 is 5.11 Å². The molecule has 74 valence electrons. The van der Waals surface area contributed by atoms with Crippen molar-refractivity contribution in [2.45, 2.75) is 25.4 Å². The van der Waals surface area contributed by atoms with E-state index in [4.69, 9.17) is 6.42 Å². The molecule has 2 heteroatoms. The summed E-state index contributed by atoms with van der Waals surface area (Å²) in [7, 11) is 0. The summed E-state index contributed by atoms with van der Waals surface area (Å²) in [5.74, 6) is 2.54. The van der Waals surface area contributed by atoms with Gasteiger partial charge in [-0.1, -0.05) is 28.1 Å². The molecule has 0 spiro atoms. The molecule has 1 rings (SSSR count). The summed E-state index contributed by atoms with van der Waals surface area (Å²) < 4.78 is 1.01. The second kappa shape index (κ2) is 4.63. The van der Waals surface area contributed by atoms with Crippen LogP contribution in [-0.4, -0.2) is 5.11 Å². The van der Waals surface area contributed by atoms with Gasteiger partial charge in [-0.3, -0.25) is 0 Å². The molecule has 0 amide bonds. The highest BCUT2D eigenvalue weighted by Gasteiger charge is 2.21. The van der Waals surface area contributed by atoms with E-state index in [1.807, 2.05) is 24.3 Å². The van der Waals surface area contributed by atoms with Gasteiger partial charge in [0.2, 0.25) is 0 Å². The van der Waals surface area contributed by atoms with Crippen molar-refractivity contribution in [3.05, 3.63) is 34.3 Å². The lowest BCUT2D eigenvalue weighted by molar-refractivity contribution is 0.0494. The predicted octanol–water partition coefficient (Wildman–Crippen LogP) is 3.07. The minimum atomic E-state index is -0.826. The van der Waals surface area contributed by atoms with Crippen LogP contribution in [-0.2, 0) is 5.60 Å². The van der Waals surface area contributed by atoms with E-state index in [-0.39, 0.29) is 0 Å². The van der Waals surface area contributed by atoms with E-state index in [2.05, 4.69) is 21.9 Å². The molecule has 0 saturated carbocycles. The molecule has 0 aliphatic rings. The fraction of sp³-hybridized carbons (Fsp3) is 0.333. The number of benzene rings is 1. The van der Waals surface area contributed by atoms with Gasteiger partial charge >= 0.3 is 0 Å². The lowest BCUT2D eigenvalue weighted by Crippen LogP contribution is -2.20. The number of hydrogen-bond donors (Lipinski definition) is 1. The SMILES string of the molecule is C#CCCC(C)(O)c1ccc(Br)cc1. The lowest BCUT2D eigenvalue weighted by Gasteiger charge is -2.22. The highest BCUT2D eigenvalue weighted by Crippen LogP contribution is 2.26. The number of halogens is 1. The van der Waals surface area contributed by atoms with Crippen molar-refractivity contribution in [2.75, 3.05) is 0 Å². The van der Waals surface area contributed by atoms with Gasteiger partial charge in [-0.05, 0) is 31.0 Å². The van der Waals surface area contributed by atoms with Gasteiger partial charge in [-0.15, -0.1) is 12.3 Å². The Labute approximate surface area is 93.3 Å². The third kappa shape index (κ3) is 2.87. The standard InChI is InChI=1S/C12H13BrO/c1-3-4-9-12(2,14)10-5-7-11(13)8-6-10/h1,5-8,14H,4,9H2,2H3. The van der Waals surface area contributed by atoms with Gasteiger partial charge in [0.25, 0.3) is 0 Å². The molecule has 1 unspecified atom stereocenters. The predicted molar refractivity (Wildman–Crippen MR) is 61.8 cm³/mol. The highest BCUT2D eigenvalue weighted by molar-refractivity contribution is 9.10. The van der Waals surface area contributed by atoms with E-state index >= 15 is 0 Å². The third-order valence-electron chi connectivity index (χ3n) is 2.22. The molecule has 1 atom stereocenters. The van der Waals surface area contributed by atoms with E-state index in [1.54, 1.807) is 6.92 Å². The molecule has 14 heavy (non-hydrogen) atoms. The van der Waals surface area contributed by atoms with Crippen LogP contribution in [0.3, 0.4) is 0 Å². The molecule has 0 heterocycles. The van der Waals surface area contributed by atoms with Crippen molar-refractivity contribution in [1.82, 2.24) is 0 Å². The molecule has 0 aliphatic carbocycles. The zero-order valence-corrected chi connectivity index (χ0v) is 9.71. The van der Waals surface area contributed by atoms with Crippen molar-refractivity contribution >= 4 is 15.9 Å². The van der Waals surface area contributed by atoms with Gasteiger partial charge in [-0.2, -0.15) is 0 Å². The summed E-state index contributed by atoms with van der Waals surface area (Å²) in [6.45, 7) is 1.79. The summed E-state index contributed by atoms with van der Waals surface area (Å²) in [5, 5.41) is 10.1. The smallest absolute Gasteiger partial charge is 0.0877 e. The van der Waals surface area contributed by atoms with Crippen molar-refractivity contribution in [3.8, 4) is 12.3 Å². The van der Waals surface area contributed by atoms with E-state index in [0.717, 1.165) is 10.0 Å². The van der Waals surface area contributed by atoms with Crippen molar-refractivity contribution in [2.24, 2.45) is 0 Å². The third-order valence-corrected chi connectivity index (χ3v) is 2.75. The number of hydrogen-bond acceptors (Lipinski definition) is 1. The molecule has 1 N–H and O–H groups in total. The number of aliphatic hydroxyl groups is 1. The number of rotatable bonds is 3. The van der Waals surface area contributed by atoms with Gasteiger partial charge in [0.05, 0.1) is 5.60 Å². The minimum Gasteiger partial charge on any atom is -0.385 e. The van der Waals surface area contributed by atoms with E-state index in [9.17, 15) is 5.11 Å². The molecule has 0 aromatic heterocycles. The fourth-order valence-corrected chi connectivity index (χ4v) is 1.53. The molecule has 0 aliphatic heterocycles. The molecule has 0 bridgehead atoms. The molecule has 0 saturated heterocycles. The van der Waals surface area contributed by atoms with Crippen LogP contribution in [0.15, 0.2) is 28.7 Å². The van der Waals surface area contributed by atoms with Crippen LogP contribution in [0.25, 0.3) is 0 Å². The summed E-state index contributed by atoms with van der Waals surface area (Å²) >= 11 is 3.35. The Morgan fingerprint density at radius 3 is 2.50 bits per heavy atom. The molecular formula is C12H13BrO. The number of terminal acetylenes is 1. The van der Waals surface area contributed by atoms with Crippen LogP contribution in [0, 0.1) is 12.3 Å². The molecule has 1 nitrogen and oxygen atoms in total. The summed E-state index contributed by atoms with van der Waals surface area (Å²) in [5.41, 5.74) is 0.0727. The lowest BCUT2D eigenvalue weighted by atomic mass is 9.91. The van der Waals surface area contributed by atoms with Gasteiger partial charge in [0.1, 0.15) is 0 Å². The van der Waals surface area contributed by atoms with Gasteiger partial charge in [0, 0.05) is 10.9 Å². The van der Waals surface area contributed by atoms with Gasteiger partial charge in [-0.25, -0.2) is 0 Å². The average molecular weight is 253 g/mol. The van der Waals surface area contributed by atoms with Crippen LogP contribution >= 0.6 is 15.9 Å². The van der Waals surface area contributed by atoms with Crippen LogP contribution in [0.1, 0.15) is 25.3 Å². The van der Waals surface area contributed by atoms with Crippen LogP contribution < -0.4 is 0 Å². The topological polar surface area (TPSA) is 20.2 Å². The molecular weight excluding hydrogens is 240 g/mol. The Morgan fingerprint density at radius 2 is 2.00 bits per heavy atom. The second-order valence-corrected chi connectivity index (χ2v) is 4.40. The van der Waals surface area contributed by atoms with E-state index in [0.29, 0.717) is 12.8 Å². The Hall–Kier alpha value is -0.780. The maximum Gasteiger partial charge on any atom is 0.0877 e. The van der Waals surface area contributed by atoms with Gasteiger partial charge in [0.15, 0.2) is 0 Å². The zero-order valence-electron chi connectivity index (χ0n) is 8.13. The summed E-state index contributed by atoms with van der Waals surface area (Å²) in [6.07, 6.45) is 6.34. The Balaban J connectivity index is 2.82. The summed E-state index contributed by atoms with van der Waals surface area (Å²) in [6, 6.07) is 7.64. The average Bonchev–Trinajstić information content (AvgIpc) is 2.16. The quantitative estimate of drug-likeness (QED) is 0.821. The highest BCUT2D eigenvalue weighted by atomic mass is 79.9. The van der Waals surface area contributed by atoms with Crippen LogP contribution in [0.2, 0.25) is 0 Å². The first-order valence-electron chi connectivity index (χ1n) is 4.48. The largest absolute Gasteiger partial charge is 0.385 e. The maximum atomic E-state index is 10.1. The monoisotopic (exact) mass is 252 g/mol.